The second-order valence-corrected chi connectivity index (χ2v) is 3.95. The number of aliphatic imine (C=N–C) groups is 1. The molecule has 1 aromatic heterocycles. The normalized spacial score (nSPS) is 11.0. The minimum atomic E-state index is 0. The van der Waals surface area contributed by atoms with E-state index in [1.54, 1.807) is 7.11 Å². The van der Waals surface area contributed by atoms with Gasteiger partial charge in [0.25, 0.3) is 0 Å². The Morgan fingerprint density at radius 3 is 2.84 bits per heavy atom. The Kier molecular flexibility index (Phi) is 10.6. The first-order chi connectivity index (χ1) is 8.76. The predicted octanol–water partition coefficient (Wildman–Crippen LogP) is 0.782. The summed E-state index contributed by atoms with van der Waals surface area (Å²) in [5, 5.41) is 10.6. The molecule has 0 radical (unpaired) electrons. The van der Waals surface area contributed by atoms with Gasteiger partial charge in [-0.3, -0.25) is 9.67 Å². The highest BCUT2D eigenvalue weighted by molar-refractivity contribution is 14.0. The molecule has 0 saturated heterocycles. The van der Waals surface area contributed by atoms with Crippen molar-refractivity contribution in [3.8, 4) is 0 Å². The van der Waals surface area contributed by atoms with Crippen molar-refractivity contribution in [1.82, 2.24) is 20.4 Å². The molecule has 0 spiro atoms. The Balaban J connectivity index is 0.00000324. The third-order valence-electron chi connectivity index (χ3n) is 2.37. The Hall–Kier alpha value is -0.830. The number of aryl methyl sites for hydroxylation is 1. The summed E-state index contributed by atoms with van der Waals surface area (Å²) in [7, 11) is 3.60. The smallest absolute Gasteiger partial charge is 0.191 e. The molecule has 0 bridgehead atoms. The lowest BCUT2D eigenvalue weighted by Gasteiger charge is -2.10. The lowest BCUT2D eigenvalue weighted by molar-refractivity contribution is 0.208. The third kappa shape index (κ3) is 8.04. The van der Waals surface area contributed by atoms with E-state index in [9.17, 15) is 0 Å². The first kappa shape index (κ1) is 18.2. The van der Waals surface area contributed by atoms with E-state index in [0.717, 1.165) is 25.5 Å². The van der Waals surface area contributed by atoms with E-state index in [-0.39, 0.29) is 24.0 Å². The van der Waals surface area contributed by atoms with Crippen molar-refractivity contribution in [1.29, 1.82) is 0 Å². The fourth-order valence-corrected chi connectivity index (χ4v) is 1.52. The highest BCUT2D eigenvalue weighted by Crippen LogP contribution is 1.95. The van der Waals surface area contributed by atoms with Crippen molar-refractivity contribution in [2.75, 3.05) is 33.4 Å². The average Bonchev–Trinajstić information content (AvgIpc) is 2.75. The fourth-order valence-electron chi connectivity index (χ4n) is 1.52. The van der Waals surface area contributed by atoms with Gasteiger partial charge in [0.1, 0.15) is 0 Å². The summed E-state index contributed by atoms with van der Waals surface area (Å²) in [6.45, 7) is 5.04. The van der Waals surface area contributed by atoms with Crippen LogP contribution in [0.4, 0.5) is 0 Å². The number of nitrogens with one attached hydrogen (secondary N) is 2. The summed E-state index contributed by atoms with van der Waals surface area (Å²) in [5.41, 5.74) is 1.22. The first-order valence-corrected chi connectivity index (χ1v) is 6.25. The van der Waals surface area contributed by atoms with Gasteiger partial charge >= 0.3 is 0 Å². The summed E-state index contributed by atoms with van der Waals surface area (Å²) < 4.78 is 6.79. The SMILES string of the molecule is CCNC(=NCCOC)NCCc1cnn(C)c1.I. The molecule has 6 nitrogen and oxygen atoms in total. The van der Waals surface area contributed by atoms with Crippen molar-refractivity contribution in [2.24, 2.45) is 12.0 Å². The number of hydrogen-bond acceptors (Lipinski definition) is 3. The van der Waals surface area contributed by atoms with Crippen molar-refractivity contribution in [2.45, 2.75) is 13.3 Å². The molecule has 0 aromatic carbocycles. The van der Waals surface area contributed by atoms with Crippen LogP contribution in [0.15, 0.2) is 17.4 Å². The van der Waals surface area contributed by atoms with E-state index in [1.165, 1.54) is 5.56 Å². The number of halogens is 1. The monoisotopic (exact) mass is 381 g/mol. The fraction of sp³-hybridized carbons (Fsp3) is 0.667. The van der Waals surface area contributed by atoms with E-state index in [2.05, 4.69) is 27.6 Å². The largest absolute Gasteiger partial charge is 0.383 e. The number of ether oxygens (including phenoxy) is 1. The van der Waals surface area contributed by atoms with Crippen LogP contribution in [0.3, 0.4) is 0 Å². The van der Waals surface area contributed by atoms with Gasteiger partial charge in [-0.2, -0.15) is 5.10 Å². The van der Waals surface area contributed by atoms with Crippen LogP contribution in [0, 0.1) is 0 Å². The Morgan fingerprint density at radius 2 is 2.26 bits per heavy atom. The van der Waals surface area contributed by atoms with E-state index >= 15 is 0 Å². The summed E-state index contributed by atoms with van der Waals surface area (Å²) in [5.74, 6) is 0.832. The van der Waals surface area contributed by atoms with Crippen LogP contribution in [0.2, 0.25) is 0 Å². The Morgan fingerprint density at radius 1 is 1.47 bits per heavy atom. The number of aromatic nitrogens is 2. The molecule has 1 heterocycles. The summed E-state index contributed by atoms with van der Waals surface area (Å²) >= 11 is 0. The molecule has 110 valence electrons. The molecule has 0 saturated carbocycles. The molecule has 0 unspecified atom stereocenters. The van der Waals surface area contributed by atoms with Gasteiger partial charge in [0.2, 0.25) is 0 Å². The topological polar surface area (TPSA) is 63.5 Å². The van der Waals surface area contributed by atoms with Crippen molar-refractivity contribution < 1.29 is 4.74 Å². The van der Waals surface area contributed by atoms with E-state index in [1.807, 2.05) is 24.1 Å². The van der Waals surface area contributed by atoms with Gasteiger partial charge in [-0.1, -0.05) is 0 Å². The second-order valence-electron chi connectivity index (χ2n) is 3.95. The maximum atomic E-state index is 4.97. The highest BCUT2D eigenvalue weighted by atomic mass is 127. The zero-order valence-electron chi connectivity index (χ0n) is 11.8. The molecule has 2 N–H and O–H groups in total. The van der Waals surface area contributed by atoms with Crippen LogP contribution < -0.4 is 10.6 Å². The molecule has 0 atom stereocenters. The molecule has 19 heavy (non-hydrogen) atoms. The van der Waals surface area contributed by atoms with Gasteiger partial charge in [-0.05, 0) is 18.9 Å². The molecule has 0 amide bonds. The number of methoxy groups -OCH3 is 1. The van der Waals surface area contributed by atoms with Crippen LogP contribution in [0.25, 0.3) is 0 Å². The second kappa shape index (κ2) is 11.0. The maximum Gasteiger partial charge on any atom is 0.191 e. The number of rotatable bonds is 7. The molecule has 0 aliphatic heterocycles. The molecular formula is C12H24IN5O. The van der Waals surface area contributed by atoms with E-state index < -0.39 is 0 Å². The van der Waals surface area contributed by atoms with Crippen LogP contribution >= 0.6 is 24.0 Å². The Labute approximate surface area is 132 Å². The zero-order chi connectivity index (χ0) is 13.2. The minimum Gasteiger partial charge on any atom is -0.383 e. The zero-order valence-corrected chi connectivity index (χ0v) is 14.2. The summed E-state index contributed by atoms with van der Waals surface area (Å²) in [6.07, 6.45) is 4.84. The van der Waals surface area contributed by atoms with Crippen molar-refractivity contribution >= 4 is 29.9 Å². The average molecular weight is 381 g/mol. The van der Waals surface area contributed by atoms with Crippen molar-refractivity contribution in [3.05, 3.63) is 18.0 Å². The van der Waals surface area contributed by atoms with Crippen LogP contribution in [-0.2, 0) is 18.2 Å². The number of nitrogens with zero attached hydrogens (tertiary/aromatic N) is 3. The molecular weight excluding hydrogens is 357 g/mol. The van der Waals surface area contributed by atoms with Crippen LogP contribution in [0.1, 0.15) is 12.5 Å². The minimum absolute atomic E-state index is 0. The van der Waals surface area contributed by atoms with Gasteiger partial charge < -0.3 is 15.4 Å². The van der Waals surface area contributed by atoms with Gasteiger partial charge in [-0.15, -0.1) is 24.0 Å². The summed E-state index contributed by atoms with van der Waals surface area (Å²) in [4.78, 5) is 4.39. The molecule has 0 fully saturated rings. The van der Waals surface area contributed by atoms with Crippen LogP contribution in [0.5, 0.6) is 0 Å². The predicted molar refractivity (Wildman–Crippen MR) is 88.2 cm³/mol. The molecule has 0 aliphatic carbocycles. The maximum absolute atomic E-state index is 4.97. The van der Waals surface area contributed by atoms with Gasteiger partial charge in [-0.25, -0.2) is 0 Å². The van der Waals surface area contributed by atoms with E-state index in [0.29, 0.717) is 13.2 Å². The molecule has 7 heteroatoms. The van der Waals surface area contributed by atoms with Gasteiger partial charge in [0.15, 0.2) is 5.96 Å². The summed E-state index contributed by atoms with van der Waals surface area (Å²) in [6, 6.07) is 0. The lowest BCUT2D eigenvalue weighted by atomic mass is 10.2. The third-order valence-corrected chi connectivity index (χ3v) is 2.37. The van der Waals surface area contributed by atoms with Gasteiger partial charge in [0, 0.05) is 33.4 Å². The van der Waals surface area contributed by atoms with Crippen molar-refractivity contribution in [3.63, 3.8) is 0 Å². The molecule has 0 aliphatic rings. The number of guanidine groups is 1. The quantitative estimate of drug-likeness (QED) is 0.317. The van der Waals surface area contributed by atoms with Crippen LogP contribution in [-0.4, -0.2) is 49.1 Å². The standard InChI is InChI=1S/C12H23N5O.HI/c1-4-13-12(15-7-8-18-3)14-6-5-11-9-16-17(2)10-11;/h9-10H,4-8H2,1-3H3,(H2,13,14,15);1H. The molecule has 1 aromatic rings. The highest BCUT2D eigenvalue weighted by Gasteiger charge is 1.98. The first-order valence-electron chi connectivity index (χ1n) is 6.25. The van der Waals surface area contributed by atoms with Gasteiger partial charge in [0.05, 0.1) is 19.3 Å². The van der Waals surface area contributed by atoms with E-state index in [4.69, 9.17) is 4.74 Å². The Bertz CT molecular complexity index is 367. The molecule has 1 rings (SSSR count). The lowest BCUT2D eigenvalue weighted by Crippen LogP contribution is -2.38. The number of hydrogen-bond donors (Lipinski definition) is 2.